The maximum absolute atomic E-state index is 12.9. The second-order valence-electron chi connectivity index (χ2n) is 5.79. The number of carbonyl (C=O) groups is 2. The molecule has 130 valence electrons. The quantitative estimate of drug-likeness (QED) is 0.787. The lowest BCUT2D eigenvalue weighted by Gasteiger charge is -2.21. The Labute approximate surface area is 144 Å². The molecule has 1 fully saturated rings. The van der Waals surface area contributed by atoms with Crippen LogP contribution in [0.5, 0.6) is 0 Å². The van der Waals surface area contributed by atoms with Crippen molar-refractivity contribution in [2.45, 2.75) is 12.5 Å². The minimum atomic E-state index is -0.534. The molecular formula is C17H18FN5O2. The molecule has 8 heteroatoms. The molecule has 3 rings (SSSR count). The topological polar surface area (TPSA) is 100 Å². The lowest BCUT2D eigenvalue weighted by molar-refractivity contribution is 0.100. The molecule has 25 heavy (non-hydrogen) atoms. The molecular weight excluding hydrogens is 325 g/mol. The van der Waals surface area contributed by atoms with Gasteiger partial charge in [-0.25, -0.2) is 9.18 Å². The smallest absolute Gasteiger partial charge is 0.319 e. The molecule has 0 spiro atoms. The summed E-state index contributed by atoms with van der Waals surface area (Å²) in [7, 11) is 0. The summed E-state index contributed by atoms with van der Waals surface area (Å²) in [4.78, 5) is 29.5. The summed E-state index contributed by atoms with van der Waals surface area (Å²) in [5, 5.41) is 5.53. The van der Waals surface area contributed by atoms with E-state index in [2.05, 4.69) is 15.6 Å². The van der Waals surface area contributed by atoms with Crippen LogP contribution in [0.2, 0.25) is 0 Å². The summed E-state index contributed by atoms with van der Waals surface area (Å²) >= 11 is 0. The van der Waals surface area contributed by atoms with E-state index in [0.29, 0.717) is 30.0 Å². The first-order valence-corrected chi connectivity index (χ1v) is 7.85. The second kappa shape index (κ2) is 7.16. The van der Waals surface area contributed by atoms with Crippen LogP contribution >= 0.6 is 0 Å². The number of carbonyl (C=O) groups excluding carboxylic acids is 2. The minimum absolute atomic E-state index is 0.0747. The Morgan fingerprint density at radius 2 is 2.00 bits per heavy atom. The van der Waals surface area contributed by atoms with Crippen LogP contribution in [0.3, 0.4) is 0 Å². The van der Waals surface area contributed by atoms with Gasteiger partial charge < -0.3 is 21.3 Å². The highest BCUT2D eigenvalue weighted by Crippen LogP contribution is 2.23. The van der Waals surface area contributed by atoms with Crippen molar-refractivity contribution in [2.75, 3.05) is 23.3 Å². The van der Waals surface area contributed by atoms with Crippen molar-refractivity contribution in [1.29, 1.82) is 0 Å². The van der Waals surface area contributed by atoms with E-state index in [1.807, 2.05) is 4.90 Å². The molecule has 1 unspecified atom stereocenters. The van der Waals surface area contributed by atoms with Crippen molar-refractivity contribution >= 4 is 23.3 Å². The summed E-state index contributed by atoms with van der Waals surface area (Å²) in [6.07, 6.45) is 3.78. The first kappa shape index (κ1) is 16.7. The van der Waals surface area contributed by atoms with Gasteiger partial charge in [0.25, 0.3) is 5.91 Å². The third-order valence-electron chi connectivity index (χ3n) is 4.03. The van der Waals surface area contributed by atoms with E-state index in [1.165, 1.54) is 30.5 Å². The Bertz CT molecular complexity index is 781. The van der Waals surface area contributed by atoms with Gasteiger partial charge in [0, 0.05) is 37.2 Å². The summed E-state index contributed by atoms with van der Waals surface area (Å²) in [5.41, 5.74) is 6.97. The summed E-state index contributed by atoms with van der Waals surface area (Å²) in [6.45, 7) is 1.24. The Kier molecular flexibility index (Phi) is 4.78. The highest BCUT2D eigenvalue weighted by Gasteiger charge is 2.26. The van der Waals surface area contributed by atoms with E-state index in [4.69, 9.17) is 5.73 Å². The molecule has 0 bridgehead atoms. The van der Waals surface area contributed by atoms with Gasteiger partial charge in [-0.3, -0.25) is 9.78 Å². The van der Waals surface area contributed by atoms with Crippen LogP contribution < -0.4 is 21.3 Å². The van der Waals surface area contributed by atoms with Gasteiger partial charge in [-0.15, -0.1) is 0 Å². The highest BCUT2D eigenvalue weighted by atomic mass is 19.1. The van der Waals surface area contributed by atoms with Crippen LogP contribution in [0.25, 0.3) is 0 Å². The number of nitrogens with two attached hydrogens (primary N) is 1. The summed E-state index contributed by atoms with van der Waals surface area (Å²) in [5.74, 6) is -0.895. The molecule has 1 aliphatic rings. The fourth-order valence-electron chi connectivity index (χ4n) is 2.84. The number of rotatable bonds is 4. The molecule has 2 heterocycles. The van der Waals surface area contributed by atoms with E-state index >= 15 is 0 Å². The maximum Gasteiger partial charge on any atom is 0.319 e. The Morgan fingerprint density at radius 1 is 1.24 bits per heavy atom. The minimum Gasteiger partial charge on any atom is -0.369 e. The van der Waals surface area contributed by atoms with Gasteiger partial charge in [0.05, 0.1) is 11.3 Å². The Balaban J connectivity index is 1.59. The average Bonchev–Trinajstić information content (AvgIpc) is 3.05. The van der Waals surface area contributed by atoms with E-state index in [9.17, 15) is 14.0 Å². The zero-order chi connectivity index (χ0) is 17.8. The van der Waals surface area contributed by atoms with Gasteiger partial charge in [0.2, 0.25) is 0 Å². The number of hydrogen-bond acceptors (Lipinski definition) is 4. The van der Waals surface area contributed by atoms with Crippen molar-refractivity contribution in [3.05, 3.63) is 54.1 Å². The number of urea groups is 1. The number of anilines is 2. The van der Waals surface area contributed by atoms with Gasteiger partial charge in [-0.2, -0.15) is 0 Å². The third kappa shape index (κ3) is 4.03. The third-order valence-corrected chi connectivity index (χ3v) is 4.03. The number of pyridine rings is 1. The fourth-order valence-corrected chi connectivity index (χ4v) is 2.84. The number of halogens is 1. The van der Waals surface area contributed by atoms with Crippen LogP contribution in [0.15, 0.2) is 42.7 Å². The number of hydrogen-bond donors (Lipinski definition) is 3. The molecule has 7 nitrogen and oxygen atoms in total. The molecule has 3 amide bonds. The zero-order valence-electron chi connectivity index (χ0n) is 13.4. The molecule has 1 aromatic carbocycles. The molecule has 1 atom stereocenters. The van der Waals surface area contributed by atoms with Crippen molar-refractivity contribution < 1.29 is 14.0 Å². The van der Waals surface area contributed by atoms with Gasteiger partial charge in [0.15, 0.2) is 0 Å². The largest absolute Gasteiger partial charge is 0.369 e. The Morgan fingerprint density at radius 3 is 2.72 bits per heavy atom. The predicted molar refractivity (Wildman–Crippen MR) is 91.9 cm³/mol. The molecule has 0 radical (unpaired) electrons. The zero-order valence-corrected chi connectivity index (χ0v) is 13.4. The number of nitrogens with zero attached hydrogens (tertiary/aromatic N) is 2. The molecule has 4 N–H and O–H groups in total. The number of benzene rings is 1. The molecule has 0 aliphatic carbocycles. The van der Waals surface area contributed by atoms with Gasteiger partial charge in [-0.1, -0.05) is 0 Å². The van der Waals surface area contributed by atoms with Crippen LogP contribution in [0, 0.1) is 5.82 Å². The van der Waals surface area contributed by atoms with Crippen molar-refractivity contribution in [3.8, 4) is 0 Å². The van der Waals surface area contributed by atoms with Gasteiger partial charge in [-0.05, 0) is 36.8 Å². The lowest BCUT2D eigenvalue weighted by Crippen LogP contribution is -2.39. The van der Waals surface area contributed by atoms with Crippen LogP contribution in [-0.4, -0.2) is 36.1 Å². The van der Waals surface area contributed by atoms with E-state index in [0.717, 1.165) is 6.42 Å². The fraction of sp³-hybridized carbons (Fsp3) is 0.235. The standard InChI is InChI=1S/C17H18FN5O2/c18-11-1-3-12(4-2-11)21-17(25)22-13-6-8-23(10-13)15-5-7-20-9-14(15)16(19)24/h1-5,7,9,13H,6,8,10H2,(H2,19,24)(H2,21,22,25). The second-order valence-corrected chi connectivity index (χ2v) is 5.79. The van der Waals surface area contributed by atoms with E-state index in [1.54, 1.807) is 12.3 Å². The SMILES string of the molecule is NC(=O)c1cnccc1N1CCC(NC(=O)Nc2ccc(F)cc2)C1. The molecule has 2 aromatic rings. The van der Waals surface area contributed by atoms with Crippen LogP contribution in [0.1, 0.15) is 16.8 Å². The monoisotopic (exact) mass is 343 g/mol. The molecule has 0 saturated carbocycles. The van der Waals surface area contributed by atoms with Crippen LogP contribution in [0.4, 0.5) is 20.6 Å². The predicted octanol–water partition coefficient (Wildman–Crippen LogP) is 1.72. The van der Waals surface area contributed by atoms with E-state index < -0.39 is 5.91 Å². The highest BCUT2D eigenvalue weighted by molar-refractivity contribution is 5.98. The molecule has 1 aromatic heterocycles. The Hall–Kier alpha value is -3.16. The van der Waals surface area contributed by atoms with Gasteiger partial charge in [0.1, 0.15) is 5.82 Å². The lowest BCUT2D eigenvalue weighted by atomic mass is 10.2. The number of amides is 3. The number of nitrogens with one attached hydrogen (secondary N) is 2. The van der Waals surface area contributed by atoms with Crippen molar-refractivity contribution in [1.82, 2.24) is 10.3 Å². The van der Waals surface area contributed by atoms with Gasteiger partial charge >= 0.3 is 6.03 Å². The first-order chi connectivity index (χ1) is 12.0. The van der Waals surface area contributed by atoms with Crippen LogP contribution in [-0.2, 0) is 0 Å². The number of aromatic nitrogens is 1. The summed E-state index contributed by atoms with van der Waals surface area (Å²) < 4.78 is 12.9. The van der Waals surface area contributed by atoms with E-state index in [-0.39, 0.29) is 17.9 Å². The maximum atomic E-state index is 12.9. The number of primary amides is 1. The first-order valence-electron chi connectivity index (χ1n) is 7.85. The van der Waals surface area contributed by atoms with Crippen molar-refractivity contribution in [2.24, 2.45) is 5.73 Å². The molecule has 1 aliphatic heterocycles. The molecule has 1 saturated heterocycles. The normalized spacial score (nSPS) is 16.5. The average molecular weight is 343 g/mol. The summed E-state index contributed by atoms with van der Waals surface area (Å²) in [6, 6.07) is 6.85. The van der Waals surface area contributed by atoms with Crippen molar-refractivity contribution in [3.63, 3.8) is 0 Å².